The smallest absolute Gasteiger partial charge is 0.323 e. The highest BCUT2D eigenvalue weighted by Gasteiger charge is 2.45. The molecular weight excluding hydrogens is 232 g/mol. The summed E-state index contributed by atoms with van der Waals surface area (Å²) in [6.07, 6.45) is 6.48. The van der Waals surface area contributed by atoms with Crippen molar-refractivity contribution in [1.82, 2.24) is 0 Å². The number of esters is 2. The summed E-state index contributed by atoms with van der Waals surface area (Å²) >= 11 is 0. The second-order valence-electron chi connectivity index (χ2n) is 4.79. The van der Waals surface area contributed by atoms with Gasteiger partial charge in [-0.25, -0.2) is 0 Å². The largest absolute Gasteiger partial charge is 0.465 e. The molecule has 4 nitrogen and oxygen atoms in total. The third-order valence-electron chi connectivity index (χ3n) is 3.25. The van der Waals surface area contributed by atoms with Crippen LogP contribution in [0.4, 0.5) is 0 Å². The van der Waals surface area contributed by atoms with Gasteiger partial charge in [0, 0.05) is 0 Å². The van der Waals surface area contributed by atoms with Gasteiger partial charge in [0.05, 0.1) is 13.2 Å². The Balaban J connectivity index is 2.78. The van der Waals surface area contributed by atoms with Crippen LogP contribution in [0.2, 0.25) is 0 Å². The fourth-order valence-corrected chi connectivity index (χ4v) is 2.25. The molecule has 0 amide bonds. The minimum Gasteiger partial charge on any atom is -0.465 e. The van der Waals surface area contributed by atoms with Crippen molar-refractivity contribution in [2.75, 3.05) is 13.2 Å². The molecule has 0 aromatic heterocycles. The monoisotopic (exact) mass is 254 g/mol. The van der Waals surface area contributed by atoms with Gasteiger partial charge >= 0.3 is 11.9 Å². The molecule has 0 aliphatic heterocycles. The van der Waals surface area contributed by atoms with Crippen LogP contribution in [-0.4, -0.2) is 25.2 Å². The molecule has 0 saturated carbocycles. The molecule has 102 valence electrons. The highest BCUT2D eigenvalue weighted by molar-refractivity contribution is 5.99. The Bertz CT molecular complexity index is 307. The zero-order valence-corrected chi connectivity index (χ0v) is 11.4. The van der Waals surface area contributed by atoms with Gasteiger partial charge in [-0.05, 0) is 46.0 Å². The summed E-state index contributed by atoms with van der Waals surface area (Å²) in [5.74, 6) is -0.630. The van der Waals surface area contributed by atoms with Crippen LogP contribution in [0.15, 0.2) is 12.2 Å². The van der Waals surface area contributed by atoms with Crippen molar-refractivity contribution in [3.8, 4) is 0 Å². The predicted octanol–water partition coefficient (Wildman–Crippen LogP) is 2.48. The molecule has 0 fully saturated rings. The lowest BCUT2D eigenvalue weighted by molar-refractivity contribution is -0.172. The minimum absolute atomic E-state index is 0.275. The molecule has 0 saturated heterocycles. The Morgan fingerprint density at radius 3 is 1.94 bits per heavy atom. The topological polar surface area (TPSA) is 52.6 Å². The van der Waals surface area contributed by atoms with Gasteiger partial charge < -0.3 is 9.47 Å². The number of ether oxygens (including phenoxy) is 2. The van der Waals surface area contributed by atoms with Gasteiger partial charge in [0.1, 0.15) is 0 Å². The Kier molecular flexibility index (Phi) is 5.38. The summed E-state index contributed by atoms with van der Waals surface area (Å²) in [6, 6.07) is 0. The van der Waals surface area contributed by atoms with Crippen molar-refractivity contribution in [2.45, 2.75) is 40.0 Å². The fraction of sp³-hybridized carbons (Fsp3) is 0.714. The molecule has 0 radical (unpaired) electrons. The summed E-state index contributed by atoms with van der Waals surface area (Å²) in [7, 11) is 0. The van der Waals surface area contributed by atoms with Gasteiger partial charge in [0.15, 0.2) is 5.41 Å². The van der Waals surface area contributed by atoms with Crippen LogP contribution in [0, 0.1) is 11.3 Å². The van der Waals surface area contributed by atoms with E-state index in [0.717, 1.165) is 12.8 Å². The molecule has 1 aliphatic rings. The van der Waals surface area contributed by atoms with Crippen LogP contribution in [-0.2, 0) is 19.1 Å². The van der Waals surface area contributed by atoms with Crippen LogP contribution in [0.25, 0.3) is 0 Å². The van der Waals surface area contributed by atoms with Crippen molar-refractivity contribution >= 4 is 11.9 Å². The summed E-state index contributed by atoms with van der Waals surface area (Å²) in [5.41, 5.74) is -1.18. The second kappa shape index (κ2) is 6.57. The maximum atomic E-state index is 12.0. The average molecular weight is 254 g/mol. The van der Waals surface area contributed by atoms with E-state index in [-0.39, 0.29) is 13.2 Å². The lowest BCUT2D eigenvalue weighted by Crippen LogP contribution is -2.41. The average Bonchev–Trinajstić information content (AvgIpc) is 2.82. The molecule has 18 heavy (non-hydrogen) atoms. The SMILES string of the molecule is CCOC(=O)C(C)(CC1CC=CC1)C(=O)OCC. The molecule has 4 heteroatoms. The molecule has 0 heterocycles. The lowest BCUT2D eigenvalue weighted by atomic mass is 9.80. The van der Waals surface area contributed by atoms with Crippen molar-refractivity contribution < 1.29 is 19.1 Å². The van der Waals surface area contributed by atoms with Crippen LogP contribution < -0.4 is 0 Å². The van der Waals surface area contributed by atoms with Crippen molar-refractivity contribution in [3.63, 3.8) is 0 Å². The predicted molar refractivity (Wildman–Crippen MR) is 67.9 cm³/mol. The summed E-state index contributed by atoms with van der Waals surface area (Å²) in [5, 5.41) is 0. The number of carbonyl (C=O) groups excluding carboxylic acids is 2. The standard InChI is InChI=1S/C14H22O4/c1-4-17-12(15)14(3,13(16)18-5-2)10-11-8-6-7-9-11/h6-7,11H,4-5,8-10H2,1-3H3. The third-order valence-corrected chi connectivity index (χ3v) is 3.25. The van der Waals surface area contributed by atoms with Crippen molar-refractivity contribution in [3.05, 3.63) is 12.2 Å². The van der Waals surface area contributed by atoms with Gasteiger partial charge in [-0.2, -0.15) is 0 Å². The minimum atomic E-state index is -1.18. The number of hydrogen-bond acceptors (Lipinski definition) is 4. The highest BCUT2D eigenvalue weighted by Crippen LogP contribution is 2.35. The molecule has 0 bridgehead atoms. The number of rotatable bonds is 6. The van der Waals surface area contributed by atoms with Gasteiger partial charge in [-0.15, -0.1) is 0 Å². The normalized spacial score (nSPS) is 15.7. The fourth-order valence-electron chi connectivity index (χ4n) is 2.25. The Hall–Kier alpha value is -1.32. The van der Waals surface area contributed by atoms with E-state index in [1.54, 1.807) is 20.8 Å². The van der Waals surface area contributed by atoms with E-state index in [9.17, 15) is 9.59 Å². The zero-order valence-electron chi connectivity index (χ0n) is 11.4. The van der Waals surface area contributed by atoms with Crippen LogP contribution in [0.1, 0.15) is 40.0 Å². The Morgan fingerprint density at radius 1 is 1.11 bits per heavy atom. The van der Waals surface area contributed by atoms with E-state index in [1.165, 1.54) is 0 Å². The first kappa shape index (κ1) is 14.7. The lowest BCUT2D eigenvalue weighted by Gasteiger charge is -2.27. The van der Waals surface area contributed by atoms with Gasteiger partial charge in [0.25, 0.3) is 0 Å². The Labute approximate surface area is 108 Å². The maximum absolute atomic E-state index is 12.0. The molecule has 0 N–H and O–H groups in total. The van der Waals surface area contributed by atoms with Gasteiger partial charge in [-0.3, -0.25) is 9.59 Å². The summed E-state index contributed by atoms with van der Waals surface area (Å²) in [4.78, 5) is 24.1. The van der Waals surface area contributed by atoms with Crippen LogP contribution in [0.3, 0.4) is 0 Å². The first-order chi connectivity index (χ1) is 8.54. The number of allylic oxidation sites excluding steroid dienone is 2. The van der Waals surface area contributed by atoms with Crippen LogP contribution in [0.5, 0.6) is 0 Å². The molecular formula is C14H22O4. The third kappa shape index (κ3) is 3.34. The summed E-state index contributed by atoms with van der Waals surface area (Å²) in [6.45, 7) is 5.65. The van der Waals surface area contributed by atoms with E-state index in [1.807, 2.05) is 0 Å². The summed E-state index contributed by atoms with van der Waals surface area (Å²) < 4.78 is 10.0. The zero-order chi connectivity index (χ0) is 13.6. The molecule has 0 atom stereocenters. The van der Waals surface area contributed by atoms with E-state index in [0.29, 0.717) is 12.3 Å². The van der Waals surface area contributed by atoms with E-state index in [2.05, 4.69) is 12.2 Å². The Morgan fingerprint density at radius 2 is 1.56 bits per heavy atom. The van der Waals surface area contributed by atoms with Gasteiger partial charge in [-0.1, -0.05) is 12.2 Å². The quantitative estimate of drug-likeness (QED) is 0.415. The molecule has 0 aromatic carbocycles. The van der Waals surface area contributed by atoms with E-state index in [4.69, 9.17) is 9.47 Å². The molecule has 1 aliphatic carbocycles. The maximum Gasteiger partial charge on any atom is 0.323 e. The van der Waals surface area contributed by atoms with Gasteiger partial charge in [0.2, 0.25) is 0 Å². The highest BCUT2D eigenvalue weighted by atomic mass is 16.6. The van der Waals surface area contributed by atoms with E-state index >= 15 is 0 Å². The first-order valence-electron chi connectivity index (χ1n) is 6.54. The number of carbonyl (C=O) groups is 2. The van der Waals surface area contributed by atoms with Crippen LogP contribution >= 0.6 is 0 Å². The second-order valence-corrected chi connectivity index (χ2v) is 4.79. The molecule has 1 rings (SSSR count). The van der Waals surface area contributed by atoms with E-state index < -0.39 is 17.4 Å². The molecule has 0 spiro atoms. The molecule has 0 unspecified atom stereocenters. The molecule has 0 aromatic rings. The number of hydrogen-bond donors (Lipinski definition) is 0. The van der Waals surface area contributed by atoms with Crippen molar-refractivity contribution in [2.24, 2.45) is 11.3 Å². The van der Waals surface area contributed by atoms with Crippen molar-refractivity contribution in [1.29, 1.82) is 0 Å². The first-order valence-corrected chi connectivity index (χ1v) is 6.54.